The third-order valence-electron chi connectivity index (χ3n) is 2.92. The lowest BCUT2D eigenvalue weighted by Crippen LogP contribution is -2.30. The van der Waals surface area contributed by atoms with Gasteiger partial charge in [0.2, 0.25) is 0 Å². The van der Waals surface area contributed by atoms with Crippen molar-refractivity contribution in [2.45, 2.75) is 13.0 Å². The number of carbonyl (C=O) groups excluding carboxylic acids is 1. The van der Waals surface area contributed by atoms with Crippen LogP contribution >= 0.6 is 0 Å². The zero-order valence-electron chi connectivity index (χ0n) is 10.8. The summed E-state index contributed by atoms with van der Waals surface area (Å²) in [4.78, 5) is 13.5. The Bertz CT molecular complexity index is 611. The molecule has 1 aromatic carbocycles. The van der Waals surface area contributed by atoms with Crippen LogP contribution in [0.4, 0.5) is 0 Å². The number of furan rings is 1. The fraction of sp³-hybridized carbons (Fsp3) is 0.200. The highest BCUT2D eigenvalue weighted by Gasteiger charge is 2.24. The summed E-state index contributed by atoms with van der Waals surface area (Å²) in [5.41, 5.74) is 1.85. The molecule has 0 aliphatic heterocycles. The Morgan fingerprint density at radius 1 is 1.37 bits per heavy atom. The fourth-order valence-corrected chi connectivity index (χ4v) is 1.92. The van der Waals surface area contributed by atoms with Crippen molar-refractivity contribution in [3.8, 4) is 6.07 Å². The van der Waals surface area contributed by atoms with Crippen LogP contribution in [0.15, 0.2) is 47.1 Å². The van der Waals surface area contributed by atoms with Crippen molar-refractivity contribution in [1.82, 2.24) is 4.90 Å². The highest BCUT2D eigenvalue weighted by Crippen LogP contribution is 2.21. The van der Waals surface area contributed by atoms with Gasteiger partial charge < -0.3 is 9.32 Å². The van der Waals surface area contributed by atoms with E-state index in [1.54, 1.807) is 19.2 Å². The van der Waals surface area contributed by atoms with Gasteiger partial charge >= 0.3 is 0 Å². The van der Waals surface area contributed by atoms with Gasteiger partial charge in [0.25, 0.3) is 5.91 Å². The summed E-state index contributed by atoms with van der Waals surface area (Å²) < 4.78 is 5.07. The van der Waals surface area contributed by atoms with E-state index in [0.29, 0.717) is 0 Å². The minimum absolute atomic E-state index is 0.232. The summed E-state index contributed by atoms with van der Waals surface area (Å²) in [5, 5.41) is 9.31. The molecule has 4 nitrogen and oxygen atoms in total. The van der Waals surface area contributed by atoms with E-state index in [4.69, 9.17) is 4.42 Å². The Kier molecular flexibility index (Phi) is 3.67. The fourth-order valence-electron chi connectivity index (χ4n) is 1.92. The molecule has 0 aliphatic rings. The Hall–Kier alpha value is -2.54. The van der Waals surface area contributed by atoms with E-state index in [2.05, 4.69) is 6.07 Å². The lowest BCUT2D eigenvalue weighted by Gasteiger charge is -2.22. The van der Waals surface area contributed by atoms with E-state index in [1.807, 2.05) is 31.2 Å². The highest BCUT2D eigenvalue weighted by atomic mass is 16.3. The maximum atomic E-state index is 12.1. The Morgan fingerprint density at radius 3 is 2.74 bits per heavy atom. The average Bonchev–Trinajstić information content (AvgIpc) is 2.92. The van der Waals surface area contributed by atoms with E-state index in [1.165, 1.54) is 11.2 Å². The summed E-state index contributed by atoms with van der Waals surface area (Å²) in [6.07, 6.45) is 1.44. The molecule has 0 radical (unpaired) electrons. The number of amides is 1. The van der Waals surface area contributed by atoms with Crippen LogP contribution in [-0.2, 0) is 0 Å². The van der Waals surface area contributed by atoms with E-state index < -0.39 is 6.04 Å². The molecule has 96 valence electrons. The first-order valence-electron chi connectivity index (χ1n) is 5.90. The van der Waals surface area contributed by atoms with Crippen molar-refractivity contribution in [2.24, 2.45) is 0 Å². The molecular formula is C15H14N2O2. The largest absolute Gasteiger partial charge is 0.459 e. The van der Waals surface area contributed by atoms with Gasteiger partial charge in [0.15, 0.2) is 5.76 Å². The first-order valence-corrected chi connectivity index (χ1v) is 5.90. The Labute approximate surface area is 111 Å². The zero-order valence-corrected chi connectivity index (χ0v) is 10.8. The smallest absolute Gasteiger partial charge is 0.290 e. The van der Waals surface area contributed by atoms with Crippen LogP contribution in [0, 0.1) is 18.3 Å². The van der Waals surface area contributed by atoms with Gasteiger partial charge in [0.05, 0.1) is 12.3 Å². The molecule has 0 aliphatic carbocycles. The standard InChI is InChI=1S/C15H14N2O2/c1-11-5-3-6-12(9-11)13(10-16)17(2)15(18)14-7-4-8-19-14/h3-9,13H,1-2H3. The molecule has 1 unspecified atom stereocenters. The van der Waals surface area contributed by atoms with Gasteiger partial charge in [-0.2, -0.15) is 5.26 Å². The van der Waals surface area contributed by atoms with Gasteiger partial charge in [-0.15, -0.1) is 0 Å². The zero-order chi connectivity index (χ0) is 13.8. The number of carbonyl (C=O) groups is 1. The van der Waals surface area contributed by atoms with Crippen molar-refractivity contribution in [2.75, 3.05) is 7.05 Å². The molecule has 1 atom stereocenters. The molecule has 1 amide bonds. The Balaban J connectivity index is 2.28. The van der Waals surface area contributed by atoms with E-state index in [-0.39, 0.29) is 11.7 Å². The molecule has 1 heterocycles. The molecule has 2 aromatic rings. The van der Waals surface area contributed by atoms with E-state index in [9.17, 15) is 10.1 Å². The van der Waals surface area contributed by atoms with Crippen LogP contribution in [0.3, 0.4) is 0 Å². The average molecular weight is 254 g/mol. The van der Waals surface area contributed by atoms with Gasteiger partial charge in [-0.05, 0) is 24.6 Å². The van der Waals surface area contributed by atoms with Crippen LogP contribution in [0.25, 0.3) is 0 Å². The van der Waals surface area contributed by atoms with Crippen molar-refractivity contribution in [3.05, 3.63) is 59.5 Å². The molecule has 19 heavy (non-hydrogen) atoms. The van der Waals surface area contributed by atoms with Crippen molar-refractivity contribution < 1.29 is 9.21 Å². The summed E-state index contributed by atoms with van der Waals surface area (Å²) in [7, 11) is 1.60. The van der Waals surface area contributed by atoms with Gasteiger partial charge in [-0.3, -0.25) is 4.79 Å². The molecule has 0 spiro atoms. The minimum atomic E-state index is -0.627. The first kappa shape index (κ1) is 12.9. The van der Waals surface area contributed by atoms with Crippen LogP contribution in [0.5, 0.6) is 0 Å². The number of nitrogens with zero attached hydrogens (tertiary/aromatic N) is 2. The second-order valence-electron chi connectivity index (χ2n) is 4.34. The number of benzene rings is 1. The van der Waals surface area contributed by atoms with Crippen LogP contribution < -0.4 is 0 Å². The topological polar surface area (TPSA) is 57.2 Å². The predicted octanol–water partition coefficient (Wildman–Crippen LogP) is 2.92. The van der Waals surface area contributed by atoms with Crippen molar-refractivity contribution >= 4 is 5.91 Å². The lowest BCUT2D eigenvalue weighted by molar-refractivity contribution is 0.0731. The normalized spacial score (nSPS) is 11.6. The highest BCUT2D eigenvalue weighted by molar-refractivity contribution is 5.91. The minimum Gasteiger partial charge on any atom is -0.459 e. The number of nitriles is 1. The summed E-state index contributed by atoms with van der Waals surface area (Å²) >= 11 is 0. The summed E-state index contributed by atoms with van der Waals surface area (Å²) in [5.74, 6) is -0.0755. The third-order valence-corrected chi connectivity index (χ3v) is 2.92. The molecule has 0 fully saturated rings. The Morgan fingerprint density at radius 2 is 2.16 bits per heavy atom. The number of hydrogen-bond acceptors (Lipinski definition) is 3. The monoisotopic (exact) mass is 254 g/mol. The molecule has 2 rings (SSSR count). The second kappa shape index (κ2) is 5.40. The third kappa shape index (κ3) is 2.66. The quantitative estimate of drug-likeness (QED) is 0.846. The van der Waals surface area contributed by atoms with Gasteiger partial charge in [-0.25, -0.2) is 0 Å². The molecule has 0 saturated heterocycles. The molecule has 0 bridgehead atoms. The predicted molar refractivity (Wildman–Crippen MR) is 70.3 cm³/mol. The van der Waals surface area contributed by atoms with E-state index >= 15 is 0 Å². The second-order valence-corrected chi connectivity index (χ2v) is 4.34. The van der Waals surface area contributed by atoms with Gasteiger partial charge in [0, 0.05) is 7.05 Å². The van der Waals surface area contributed by atoms with Gasteiger partial charge in [0.1, 0.15) is 6.04 Å². The number of rotatable bonds is 3. The lowest BCUT2D eigenvalue weighted by atomic mass is 10.0. The maximum absolute atomic E-state index is 12.1. The van der Waals surface area contributed by atoms with Crippen molar-refractivity contribution in [3.63, 3.8) is 0 Å². The maximum Gasteiger partial charge on any atom is 0.290 e. The first-order chi connectivity index (χ1) is 9.13. The van der Waals surface area contributed by atoms with Crippen LogP contribution in [0.2, 0.25) is 0 Å². The van der Waals surface area contributed by atoms with Crippen LogP contribution in [-0.4, -0.2) is 17.9 Å². The van der Waals surface area contributed by atoms with Crippen molar-refractivity contribution in [1.29, 1.82) is 5.26 Å². The molecule has 4 heteroatoms. The van der Waals surface area contributed by atoms with Crippen LogP contribution in [0.1, 0.15) is 27.7 Å². The molecule has 0 N–H and O–H groups in total. The number of aryl methyl sites for hydroxylation is 1. The number of hydrogen-bond donors (Lipinski definition) is 0. The SMILES string of the molecule is Cc1cccc(C(C#N)N(C)C(=O)c2ccco2)c1. The summed E-state index contributed by atoms with van der Waals surface area (Å²) in [6, 6.07) is 12.3. The van der Waals surface area contributed by atoms with Gasteiger partial charge in [-0.1, -0.05) is 29.8 Å². The molecule has 0 saturated carbocycles. The molecule has 1 aromatic heterocycles. The molecular weight excluding hydrogens is 240 g/mol. The van der Waals surface area contributed by atoms with E-state index in [0.717, 1.165) is 11.1 Å². The summed E-state index contributed by atoms with van der Waals surface area (Å²) in [6.45, 7) is 1.95.